The molecule has 3 amide bonds. The molecule has 3 rings (SSSR count). The molecule has 0 radical (unpaired) electrons. The van der Waals surface area contributed by atoms with Crippen LogP contribution in [0.25, 0.3) is 0 Å². The Bertz CT molecular complexity index is 781. The molecule has 0 saturated carbocycles. The van der Waals surface area contributed by atoms with E-state index in [1.54, 1.807) is 37.1 Å². The van der Waals surface area contributed by atoms with Gasteiger partial charge >= 0.3 is 12.0 Å². The van der Waals surface area contributed by atoms with Gasteiger partial charge in [0.1, 0.15) is 5.75 Å². The first-order valence-electron chi connectivity index (χ1n) is 9.01. The Kier molecular flexibility index (Phi) is 4.99. The molecule has 2 saturated heterocycles. The van der Waals surface area contributed by atoms with Crippen LogP contribution in [-0.2, 0) is 9.59 Å². The second kappa shape index (κ2) is 7.09. The van der Waals surface area contributed by atoms with Crippen molar-refractivity contribution < 1.29 is 24.2 Å². The molecule has 2 heterocycles. The number of likely N-dealkylation sites (N-methyl/N-ethyl adjacent to an activating group) is 1. The standard InChI is InChI=1S/C19H25N3O5/c1-12-10-13(27-15-6-8-21(3)16(15)23)4-5-14(12)20-18(26)22-9-7-19(2,11-22)17(24)25/h4-5,10,15H,6-9,11H2,1-3H3,(H,20,26)(H,24,25). The van der Waals surface area contributed by atoms with E-state index in [1.165, 1.54) is 4.90 Å². The highest BCUT2D eigenvalue weighted by Gasteiger charge is 2.42. The van der Waals surface area contributed by atoms with Crippen molar-refractivity contribution in [2.24, 2.45) is 5.41 Å². The van der Waals surface area contributed by atoms with Gasteiger partial charge in [0.15, 0.2) is 6.10 Å². The summed E-state index contributed by atoms with van der Waals surface area (Å²) in [5, 5.41) is 12.1. The van der Waals surface area contributed by atoms with Crippen molar-refractivity contribution in [2.45, 2.75) is 32.8 Å². The number of carbonyl (C=O) groups is 3. The monoisotopic (exact) mass is 375 g/mol. The number of rotatable bonds is 4. The summed E-state index contributed by atoms with van der Waals surface area (Å²) in [4.78, 5) is 38.9. The number of carbonyl (C=O) groups excluding carboxylic acids is 2. The maximum absolute atomic E-state index is 12.5. The van der Waals surface area contributed by atoms with Crippen molar-refractivity contribution in [3.8, 4) is 5.75 Å². The number of carboxylic acids is 1. The Labute approximate surface area is 158 Å². The quantitative estimate of drug-likeness (QED) is 0.838. The van der Waals surface area contributed by atoms with Crippen molar-refractivity contribution in [3.05, 3.63) is 23.8 Å². The first-order chi connectivity index (χ1) is 12.7. The summed E-state index contributed by atoms with van der Waals surface area (Å²) in [6.07, 6.45) is 0.628. The van der Waals surface area contributed by atoms with Crippen LogP contribution in [0.1, 0.15) is 25.3 Å². The maximum atomic E-state index is 12.5. The number of ether oxygens (including phenoxy) is 1. The molecule has 0 aromatic heterocycles. The van der Waals surface area contributed by atoms with Gasteiger partial charge < -0.3 is 25.0 Å². The molecule has 2 unspecified atom stereocenters. The van der Waals surface area contributed by atoms with Crippen LogP contribution < -0.4 is 10.1 Å². The maximum Gasteiger partial charge on any atom is 0.321 e. The molecule has 1 aromatic rings. The number of anilines is 1. The fraction of sp³-hybridized carbons (Fsp3) is 0.526. The molecule has 8 heteroatoms. The van der Waals surface area contributed by atoms with Crippen molar-refractivity contribution >= 4 is 23.6 Å². The zero-order chi connectivity index (χ0) is 19.8. The van der Waals surface area contributed by atoms with E-state index >= 15 is 0 Å². The number of aliphatic carboxylic acids is 1. The lowest BCUT2D eigenvalue weighted by molar-refractivity contribution is -0.147. The zero-order valence-corrected chi connectivity index (χ0v) is 15.8. The summed E-state index contributed by atoms with van der Waals surface area (Å²) < 4.78 is 5.77. The van der Waals surface area contributed by atoms with E-state index in [2.05, 4.69) is 5.32 Å². The number of likely N-dealkylation sites (tertiary alicyclic amines) is 2. The lowest BCUT2D eigenvalue weighted by Crippen LogP contribution is -2.37. The number of carboxylic acid groups (broad SMARTS) is 1. The summed E-state index contributed by atoms with van der Waals surface area (Å²) in [5.41, 5.74) is 0.538. The first-order valence-corrected chi connectivity index (χ1v) is 9.01. The predicted molar refractivity (Wildman–Crippen MR) is 98.8 cm³/mol. The van der Waals surface area contributed by atoms with Crippen molar-refractivity contribution in [1.82, 2.24) is 9.80 Å². The number of nitrogens with one attached hydrogen (secondary N) is 1. The number of hydrogen-bond donors (Lipinski definition) is 2. The van der Waals surface area contributed by atoms with Gasteiger partial charge in [-0.15, -0.1) is 0 Å². The van der Waals surface area contributed by atoms with Crippen LogP contribution in [0.2, 0.25) is 0 Å². The fourth-order valence-corrected chi connectivity index (χ4v) is 3.42. The largest absolute Gasteiger partial charge is 0.481 e. The van der Waals surface area contributed by atoms with E-state index in [9.17, 15) is 19.5 Å². The van der Waals surface area contributed by atoms with E-state index in [1.807, 2.05) is 6.92 Å². The molecule has 0 bridgehead atoms. The number of nitrogens with zero attached hydrogens (tertiary/aromatic N) is 2. The Morgan fingerprint density at radius 1 is 1.33 bits per heavy atom. The minimum atomic E-state index is -0.898. The third-order valence-corrected chi connectivity index (χ3v) is 5.37. The Morgan fingerprint density at radius 2 is 2.07 bits per heavy atom. The van der Waals surface area contributed by atoms with Gasteiger partial charge in [0.25, 0.3) is 5.91 Å². The smallest absolute Gasteiger partial charge is 0.321 e. The number of hydrogen-bond acceptors (Lipinski definition) is 4. The number of benzene rings is 1. The molecule has 27 heavy (non-hydrogen) atoms. The highest BCUT2D eigenvalue weighted by molar-refractivity contribution is 5.91. The first kappa shape index (κ1) is 19.0. The molecule has 8 nitrogen and oxygen atoms in total. The topological polar surface area (TPSA) is 99.2 Å². The summed E-state index contributed by atoms with van der Waals surface area (Å²) >= 11 is 0. The summed E-state index contributed by atoms with van der Waals surface area (Å²) in [6.45, 7) is 4.78. The van der Waals surface area contributed by atoms with E-state index in [4.69, 9.17) is 4.74 Å². The fourth-order valence-electron chi connectivity index (χ4n) is 3.42. The zero-order valence-electron chi connectivity index (χ0n) is 15.8. The normalized spacial score (nSPS) is 25.0. The minimum Gasteiger partial charge on any atom is -0.481 e. The van der Waals surface area contributed by atoms with Crippen LogP contribution in [0.5, 0.6) is 5.75 Å². The van der Waals surface area contributed by atoms with E-state index < -0.39 is 17.5 Å². The predicted octanol–water partition coefficient (Wildman–Crippen LogP) is 1.93. The van der Waals surface area contributed by atoms with E-state index in [0.717, 1.165) is 5.56 Å². The van der Waals surface area contributed by atoms with Crippen molar-refractivity contribution in [3.63, 3.8) is 0 Å². The van der Waals surface area contributed by atoms with Crippen LogP contribution in [0, 0.1) is 12.3 Å². The van der Waals surface area contributed by atoms with Gasteiger partial charge in [-0.3, -0.25) is 9.59 Å². The van der Waals surface area contributed by atoms with Gasteiger partial charge in [-0.25, -0.2) is 4.79 Å². The van der Waals surface area contributed by atoms with Crippen molar-refractivity contribution in [2.75, 3.05) is 32.0 Å². The Balaban J connectivity index is 1.62. The second-order valence-electron chi connectivity index (χ2n) is 7.60. The van der Waals surface area contributed by atoms with Gasteiger partial charge in [-0.1, -0.05) is 0 Å². The number of amides is 3. The lowest BCUT2D eigenvalue weighted by Gasteiger charge is -2.21. The van der Waals surface area contributed by atoms with Crippen LogP contribution >= 0.6 is 0 Å². The third kappa shape index (κ3) is 3.84. The number of aryl methyl sites for hydroxylation is 1. The Hall–Kier alpha value is -2.77. The molecule has 2 aliphatic rings. The molecule has 2 atom stereocenters. The lowest BCUT2D eigenvalue weighted by atomic mass is 9.90. The van der Waals surface area contributed by atoms with Gasteiger partial charge in [0.2, 0.25) is 0 Å². The van der Waals surface area contributed by atoms with Gasteiger partial charge in [-0.05, 0) is 44.0 Å². The highest BCUT2D eigenvalue weighted by atomic mass is 16.5. The molecule has 2 N–H and O–H groups in total. The van der Waals surface area contributed by atoms with Crippen LogP contribution in [0.4, 0.5) is 10.5 Å². The average molecular weight is 375 g/mol. The van der Waals surface area contributed by atoms with Crippen molar-refractivity contribution in [1.29, 1.82) is 0 Å². The summed E-state index contributed by atoms with van der Waals surface area (Å²) in [7, 11) is 1.75. The second-order valence-corrected chi connectivity index (χ2v) is 7.60. The third-order valence-electron chi connectivity index (χ3n) is 5.37. The molecule has 0 spiro atoms. The van der Waals surface area contributed by atoms with E-state index in [-0.39, 0.29) is 18.5 Å². The molecule has 146 valence electrons. The summed E-state index contributed by atoms with van der Waals surface area (Å²) in [5.74, 6) is -0.332. The van der Waals surface area contributed by atoms with Gasteiger partial charge in [-0.2, -0.15) is 0 Å². The average Bonchev–Trinajstić information content (AvgIpc) is 3.16. The SMILES string of the molecule is Cc1cc(OC2CCN(C)C2=O)ccc1NC(=O)N1CCC(C)(C(=O)O)C1. The van der Waals surface area contributed by atoms with Crippen LogP contribution in [0.3, 0.4) is 0 Å². The highest BCUT2D eigenvalue weighted by Crippen LogP contribution is 2.31. The molecule has 2 aliphatic heterocycles. The van der Waals surface area contributed by atoms with Gasteiger partial charge in [0, 0.05) is 38.8 Å². The van der Waals surface area contributed by atoms with E-state index in [0.29, 0.717) is 37.4 Å². The number of urea groups is 1. The molecular formula is C19H25N3O5. The van der Waals surface area contributed by atoms with Crippen LogP contribution in [0.15, 0.2) is 18.2 Å². The Morgan fingerprint density at radius 3 is 2.63 bits per heavy atom. The van der Waals surface area contributed by atoms with Gasteiger partial charge in [0.05, 0.1) is 5.41 Å². The molecule has 2 fully saturated rings. The van der Waals surface area contributed by atoms with Crippen LogP contribution in [-0.4, -0.2) is 65.6 Å². The molecule has 0 aliphatic carbocycles. The minimum absolute atomic E-state index is 0.0273. The molecule has 1 aromatic carbocycles. The molecular weight excluding hydrogens is 350 g/mol. The summed E-state index contributed by atoms with van der Waals surface area (Å²) in [6, 6.07) is 4.92.